The first-order chi connectivity index (χ1) is 9.81. The molecule has 114 valence electrons. The van der Waals surface area contributed by atoms with Crippen LogP contribution in [0.25, 0.3) is 0 Å². The van der Waals surface area contributed by atoms with Crippen molar-refractivity contribution in [1.82, 2.24) is 5.32 Å². The second kappa shape index (κ2) is 10.5. The van der Waals surface area contributed by atoms with E-state index in [2.05, 4.69) is 19.2 Å². The van der Waals surface area contributed by atoms with Gasteiger partial charge in [-0.1, -0.05) is 19.9 Å². The Hall–Kier alpha value is -1.26. The zero-order valence-corrected chi connectivity index (χ0v) is 12.7. The van der Waals surface area contributed by atoms with Gasteiger partial charge in [-0.15, -0.1) is 0 Å². The van der Waals surface area contributed by atoms with Gasteiger partial charge in [0.2, 0.25) is 0 Å². The first-order valence-electron chi connectivity index (χ1n) is 7.51. The fourth-order valence-electron chi connectivity index (χ4n) is 1.77. The van der Waals surface area contributed by atoms with Crippen molar-refractivity contribution >= 4 is 0 Å². The molecule has 0 saturated carbocycles. The van der Waals surface area contributed by atoms with E-state index >= 15 is 0 Å². The van der Waals surface area contributed by atoms with Crippen molar-refractivity contribution in [3.63, 3.8) is 0 Å². The Balaban J connectivity index is 2.68. The highest BCUT2D eigenvalue weighted by Gasteiger charge is 2.06. The van der Waals surface area contributed by atoms with Crippen LogP contribution in [0.4, 0.5) is 0 Å². The number of ether oxygens (including phenoxy) is 2. The minimum atomic E-state index is 0.148. The molecular formula is C16H27NO3. The first kappa shape index (κ1) is 16.8. The maximum atomic E-state index is 8.84. The van der Waals surface area contributed by atoms with Crippen LogP contribution in [0.15, 0.2) is 18.2 Å². The topological polar surface area (TPSA) is 50.7 Å². The molecule has 2 N–H and O–H groups in total. The number of rotatable bonds is 11. The summed E-state index contributed by atoms with van der Waals surface area (Å²) in [5.41, 5.74) is 1.13. The average Bonchev–Trinajstić information content (AvgIpc) is 2.47. The Labute approximate surface area is 122 Å². The van der Waals surface area contributed by atoms with E-state index in [1.807, 2.05) is 18.2 Å². The highest BCUT2D eigenvalue weighted by atomic mass is 16.5. The van der Waals surface area contributed by atoms with Crippen LogP contribution in [0.5, 0.6) is 11.5 Å². The lowest BCUT2D eigenvalue weighted by Gasteiger charge is -2.14. The molecule has 4 heteroatoms. The lowest BCUT2D eigenvalue weighted by Crippen LogP contribution is -2.15. The van der Waals surface area contributed by atoms with Gasteiger partial charge in [-0.3, -0.25) is 0 Å². The maximum absolute atomic E-state index is 8.84. The van der Waals surface area contributed by atoms with Crippen LogP contribution in [-0.2, 0) is 6.54 Å². The summed E-state index contributed by atoms with van der Waals surface area (Å²) in [5, 5.41) is 12.2. The summed E-state index contributed by atoms with van der Waals surface area (Å²) >= 11 is 0. The van der Waals surface area contributed by atoms with E-state index < -0.39 is 0 Å². The van der Waals surface area contributed by atoms with Gasteiger partial charge in [-0.05, 0) is 25.5 Å². The second-order valence-electron chi connectivity index (χ2n) is 4.72. The highest BCUT2D eigenvalue weighted by molar-refractivity contribution is 5.40. The minimum Gasteiger partial charge on any atom is -0.493 e. The standard InChI is InChI=1S/C16H27NO3/c1-3-8-17-13-14-6-7-15(19-10-4-2)12-16(14)20-11-5-9-18/h6-7,12,17-18H,3-5,8-11,13H2,1-2H3. The van der Waals surface area contributed by atoms with E-state index in [0.29, 0.717) is 19.6 Å². The van der Waals surface area contributed by atoms with Gasteiger partial charge in [-0.25, -0.2) is 0 Å². The lowest BCUT2D eigenvalue weighted by atomic mass is 10.2. The van der Waals surface area contributed by atoms with Gasteiger partial charge in [0, 0.05) is 31.2 Å². The molecule has 1 rings (SSSR count). The number of nitrogens with one attached hydrogen (secondary N) is 1. The zero-order chi connectivity index (χ0) is 14.6. The fraction of sp³-hybridized carbons (Fsp3) is 0.625. The molecule has 0 bridgehead atoms. The number of hydrogen-bond acceptors (Lipinski definition) is 4. The van der Waals surface area contributed by atoms with E-state index in [-0.39, 0.29) is 6.61 Å². The molecule has 0 aliphatic carbocycles. The Morgan fingerprint density at radius 3 is 2.65 bits per heavy atom. The summed E-state index contributed by atoms with van der Waals surface area (Å²) in [6, 6.07) is 5.97. The number of aliphatic hydroxyl groups is 1. The van der Waals surface area contributed by atoms with Crippen molar-refractivity contribution < 1.29 is 14.6 Å². The van der Waals surface area contributed by atoms with E-state index in [4.69, 9.17) is 14.6 Å². The molecule has 0 radical (unpaired) electrons. The van der Waals surface area contributed by atoms with Gasteiger partial charge in [-0.2, -0.15) is 0 Å². The predicted octanol–water partition coefficient (Wildman–Crippen LogP) is 2.74. The van der Waals surface area contributed by atoms with Gasteiger partial charge in [0.15, 0.2) is 0 Å². The van der Waals surface area contributed by atoms with Crippen LogP contribution in [0, 0.1) is 0 Å². The van der Waals surface area contributed by atoms with Gasteiger partial charge < -0.3 is 19.9 Å². The Kier molecular flexibility index (Phi) is 8.83. The van der Waals surface area contributed by atoms with Crippen molar-refractivity contribution in [3.05, 3.63) is 23.8 Å². The van der Waals surface area contributed by atoms with Crippen LogP contribution in [0.1, 0.15) is 38.7 Å². The molecule has 0 saturated heterocycles. The van der Waals surface area contributed by atoms with Gasteiger partial charge in [0.05, 0.1) is 13.2 Å². The molecule has 0 aliphatic rings. The summed E-state index contributed by atoms with van der Waals surface area (Å²) in [4.78, 5) is 0. The molecule has 4 nitrogen and oxygen atoms in total. The van der Waals surface area contributed by atoms with Crippen LogP contribution in [0.3, 0.4) is 0 Å². The highest BCUT2D eigenvalue weighted by Crippen LogP contribution is 2.25. The summed E-state index contributed by atoms with van der Waals surface area (Å²) < 4.78 is 11.4. The summed E-state index contributed by atoms with van der Waals surface area (Å²) in [7, 11) is 0. The smallest absolute Gasteiger partial charge is 0.127 e. The number of benzene rings is 1. The summed E-state index contributed by atoms with van der Waals surface area (Å²) in [5.74, 6) is 1.68. The Bertz CT molecular complexity index is 369. The Morgan fingerprint density at radius 1 is 1.10 bits per heavy atom. The molecule has 0 atom stereocenters. The van der Waals surface area contributed by atoms with Crippen molar-refractivity contribution in [3.8, 4) is 11.5 Å². The minimum absolute atomic E-state index is 0.148. The third kappa shape index (κ3) is 6.26. The molecule has 0 unspecified atom stereocenters. The fourth-order valence-corrected chi connectivity index (χ4v) is 1.77. The number of hydrogen-bond donors (Lipinski definition) is 2. The molecular weight excluding hydrogens is 254 g/mol. The van der Waals surface area contributed by atoms with E-state index in [0.717, 1.165) is 43.0 Å². The zero-order valence-electron chi connectivity index (χ0n) is 12.7. The predicted molar refractivity (Wildman–Crippen MR) is 81.4 cm³/mol. The molecule has 1 aromatic rings. The first-order valence-corrected chi connectivity index (χ1v) is 7.51. The van der Waals surface area contributed by atoms with Crippen molar-refractivity contribution in [2.75, 3.05) is 26.4 Å². The Morgan fingerprint density at radius 2 is 1.95 bits per heavy atom. The monoisotopic (exact) mass is 281 g/mol. The second-order valence-corrected chi connectivity index (χ2v) is 4.72. The van der Waals surface area contributed by atoms with Crippen molar-refractivity contribution in [2.24, 2.45) is 0 Å². The quantitative estimate of drug-likeness (QED) is 0.612. The van der Waals surface area contributed by atoms with Crippen LogP contribution >= 0.6 is 0 Å². The molecule has 0 spiro atoms. The van der Waals surface area contributed by atoms with E-state index in [1.165, 1.54) is 0 Å². The maximum Gasteiger partial charge on any atom is 0.127 e. The largest absolute Gasteiger partial charge is 0.493 e. The molecule has 0 aliphatic heterocycles. The normalized spacial score (nSPS) is 10.6. The average molecular weight is 281 g/mol. The van der Waals surface area contributed by atoms with E-state index in [9.17, 15) is 0 Å². The van der Waals surface area contributed by atoms with Crippen LogP contribution in [0.2, 0.25) is 0 Å². The van der Waals surface area contributed by atoms with Crippen molar-refractivity contribution in [1.29, 1.82) is 0 Å². The van der Waals surface area contributed by atoms with Gasteiger partial charge >= 0.3 is 0 Å². The molecule has 0 heterocycles. The number of aliphatic hydroxyl groups excluding tert-OH is 1. The van der Waals surface area contributed by atoms with Crippen molar-refractivity contribution in [2.45, 2.75) is 39.7 Å². The molecule has 0 aromatic heterocycles. The molecule has 0 fully saturated rings. The third-order valence-corrected chi connectivity index (χ3v) is 2.81. The molecule has 20 heavy (non-hydrogen) atoms. The van der Waals surface area contributed by atoms with Crippen LogP contribution < -0.4 is 14.8 Å². The summed E-state index contributed by atoms with van der Waals surface area (Å²) in [6.07, 6.45) is 2.74. The third-order valence-electron chi connectivity index (χ3n) is 2.81. The SMILES string of the molecule is CCCNCc1ccc(OCCC)cc1OCCCO. The summed E-state index contributed by atoms with van der Waals surface area (Å²) in [6.45, 7) is 7.39. The molecule has 0 amide bonds. The van der Waals surface area contributed by atoms with Gasteiger partial charge in [0.25, 0.3) is 0 Å². The van der Waals surface area contributed by atoms with E-state index in [1.54, 1.807) is 0 Å². The van der Waals surface area contributed by atoms with Gasteiger partial charge in [0.1, 0.15) is 11.5 Å². The van der Waals surface area contributed by atoms with Crippen LogP contribution in [-0.4, -0.2) is 31.5 Å². The molecule has 1 aromatic carbocycles. The lowest BCUT2D eigenvalue weighted by molar-refractivity contribution is 0.231.